The Bertz CT molecular complexity index is 1050. The Morgan fingerprint density at radius 1 is 1.00 bits per heavy atom. The maximum absolute atomic E-state index is 12.0. The van der Waals surface area contributed by atoms with Gasteiger partial charge >= 0.3 is 0 Å². The number of ether oxygens (including phenoxy) is 2. The first-order valence-corrected chi connectivity index (χ1v) is 9.07. The number of hydrogen-bond donors (Lipinski definition) is 1. The Balaban J connectivity index is 1.27. The van der Waals surface area contributed by atoms with Crippen LogP contribution in [0.5, 0.6) is 11.5 Å². The van der Waals surface area contributed by atoms with Crippen LogP contribution in [0.25, 0.3) is 23.6 Å². The molecule has 1 aromatic heterocycles. The fourth-order valence-electron chi connectivity index (χ4n) is 2.86. The lowest BCUT2D eigenvalue weighted by atomic mass is 10.1. The van der Waals surface area contributed by atoms with Gasteiger partial charge in [-0.05, 0) is 54.8 Å². The van der Waals surface area contributed by atoms with Gasteiger partial charge in [-0.3, -0.25) is 4.79 Å². The van der Waals surface area contributed by atoms with Gasteiger partial charge in [0.15, 0.2) is 11.5 Å². The standard InChI is InChI=1S/C21H17N3O4/c25-20(22-16-7-8-16)14-4-1-13(2-5-14)3-10-19-23-24-21(28-19)15-6-9-17-18(11-15)27-12-26-17/h1-6,9-11,16H,7-8,12H2,(H,22,25)/b10-3+. The number of fused-ring (bicyclic) bond motifs is 1. The van der Waals surface area contributed by atoms with Gasteiger partial charge in [0.05, 0.1) is 0 Å². The predicted octanol–water partition coefficient (Wildman–Crippen LogP) is 3.53. The van der Waals surface area contributed by atoms with Crippen LogP contribution in [0.15, 0.2) is 46.9 Å². The molecule has 140 valence electrons. The molecule has 0 bridgehead atoms. The van der Waals surface area contributed by atoms with Crippen LogP contribution in [0, 0.1) is 0 Å². The molecular weight excluding hydrogens is 358 g/mol. The summed E-state index contributed by atoms with van der Waals surface area (Å²) in [6.07, 6.45) is 5.75. The molecule has 1 fully saturated rings. The number of benzene rings is 2. The van der Waals surface area contributed by atoms with Gasteiger partial charge in [0.2, 0.25) is 18.6 Å². The largest absolute Gasteiger partial charge is 0.454 e. The number of rotatable bonds is 5. The molecule has 5 rings (SSSR count). The average Bonchev–Trinajstić information content (AvgIpc) is 3.21. The van der Waals surface area contributed by atoms with Crippen LogP contribution < -0.4 is 14.8 Å². The maximum Gasteiger partial charge on any atom is 0.251 e. The van der Waals surface area contributed by atoms with Crippen molar-refractivity contribution in [2.24, 2.45) is 0 Å². The molecule has 0 spiro atoms. The smallest absolute Gasteiger partial charge is 0.251 e. The monoisotopic (exact) mass is 375 g/mol. The fraction of sp³-hybridized carbons (Fsp3) is 0.190. The van der Waals surface area contributed by atoms with Crippen LogP contribution in [0.2, 0.25) is 0 Å². The quantitative estimate of drug-likeness (QED) is 0.734. The minimum atomic E-state index is -0.0247. The highest BCUT2D eigenvalue weighted by atomic mass is 16.7. The molecule has 2 heterocycles. The van der Waals surface area contributed by atoms with Gasteiger partial charge in [-0.1, -0.05) is 12.1 Å². The summed E-state index contributed by atoms with van der Waals surface area (Å²) in [5, 5.41) is 11.1. The summed E-state index contributed by atoms with van der Waals surface area (Å²) in [5.41, 5.74) is 2.36. The van der Waals surface area contributed by atoms with E-state index in [4.69, 9.17) is 13.9 Å². The van der Waals surface area contributed by atoms with E-state index in [-0.39, 0.29) is 12.7 Å². The zero-order valence-electron chi connectivity index (χ0n) is 14.9. The highest BCUT2D eigenvalue weighted by Crippen LogP contribution is 2.35. The molecular formula is C21H17N3O4. The molecule has 0 atom stereocenters. The van der Waals surface area contributed by atoms with Crippen LogP contribution in [-0.2, 0) is 0 Å². The van der Waals surface area contributed by atoms with E-state index in [0.717, 1.165) is 24.0 Å². The third-order valence-electron chi connectivity index (χ3n) is 4.56. The molecule has 1 aliphatic carbocycles. The summed E-state index contributed by atoms with van der Waals surface area (Å²) >= 11 is 0. The molecule has 0 radical (unpaired) electrons. The van der Waals surface area contributed by atoms with Gasteiger partial charge in [0, 0.05) is 23.2 Å². The minimum Gasteiger partial charge on any atom is -0.454 e. The van der Waals surface area contributed by atoms with Crippen LogP contribution in [0.3, 0.4) is 0 Å². The van der Waals surface area contributed by atoms with E-state index < -0.39 is 0 Å². The Hall–Kier alpha value is -3.61. The lowest BCUT2D eigenvalue weighted by Crippen LogP contribution is -2.25. The zero-order chi connectivity index (χ0) is 18.9. The predicted molar refractivity (Wildman–Crippen MR) is 102 cm³/mol. The summed E-state index contributed by atoms with van der Waals surface area (Å²) < 4.78 is 16.4. The van der Waals surface area contributed by atoms with Crippen molar-refractivity contribution >= 4 is 18.1 Å². The number of aromatic nitrogens is 2. The van der Waals surface area contributed by atoms with E-state index in [1.54, 1.807) is 6.08 Å². The van der Waals surface area contributed by atoms with Crippen molar-refractivity contribution in [3.63, 3.8) is 0 Å². The SMILES string of the molecule is O=C(NC1CC1)c1ccc(/C=C/c2nnc(-c3ccc4c(c3)OCO4)o2)cc1. The minimum absolute atomic E-state index is 0.0247. The average molecular weight is 375 g/mol. The molecule has 1 amide bonds. The lowest BCUT2D eigenvalue weighted by molar-refractivity contribution is 0.0951. The molecule has 1 aliphatic heterocycles. The number of carbonyl (C=O) groups is 1. The van der Waals surface area contributed by atoms with E-state index in [1.165, 1.54) is 0 Å². The van der Waals surface area contributed by atoms with Crippen LogP contribution >= 0.6 is 0 Å². The summed E-state index contributed by atoms with van der Waals surface area (Å²) in [6.45, 7) is 0.220. The summed E-state index contributed by atoms with van der Waals surface area (Å²) in [7, 11) is 0. The number of hydrogen-bond acceptors (Lipinski definition) is 6. The first kappa shape index (κ1) is 16.6. The molecule has 0 unspecified atom stereocenters. The van der Waals surface area contributed by atoms with Crippen molar-refractivity contribution in [2.45, 2.75) is 18.9 Å². The molecule has 28 heavy (non-hydrogen) atoms. The lowest BCUT2D eigenvalue weighted by Gasteiger charge is -2.03. The number of nitrogens with one attached hydrogen (secondary N) is 1. The van der Waals surface area contributed by atoms with Crippen LogP contribution in [0.4, 0.5) is 0 Å². The van der Waals surface area contributed by atoms with Crippen LogP contribution in [0.1, 0.15) is 34.7 Å². The van der Waals surface area contributed by atoms with E-state index >= 15 is 0 Å². The van der Waals surface area contributed by atoms with Crippen molar-refractivity contribution < 1.29 is 18.7 Å². The van der Waals surface area contributed by atoms with Crippen LogP contribution in [-0.4, -0.2) is 28.9 Å². The summed E-state index contributed by atoms with van der Waals surface area (Å²) in [4.78, 5) is 12.0. The van der Waals surface area contributed by atoms with Gasteiger partial charge in [-0.15, -0.1) is 10.2 Å². The second-order valence-corrected chi connectivity index (χ2v) is 6.72. The third-order valence-corrected chi connectivity index (χ3v) is 4.56. The first-order valence-electron chi connectivity index (χ1n) is 9.07. The maximum atomic E-state index is 12.0. The highest BCUT2D eigenvalue weighted by Gasteiger charge is 2.23. The molecule has 7 nitrogen and oxygen atoms in total. The Morgan fingerprint density at radius 3 is 2.64 bits per heavy atom. The van der Waals surface area contributed by atoms with Gasteiger partial charge < -0.3 is 19.2 Å². The van der Waals surface area contributed by atoms with E-state index in [9.17, 15) is 4.79 Å². The molecule has 2 aromatic carbocycles. The van der Waals surface area contributed by atoms with Crippen molar-refractivity contribution in [2.75, 3.05) is 6.79 Å². The Labute approximate surface area is 161 Å². The second-order valence-electron chi connectivity index (χ2n) is 6.72. The van der Waals surface area contributed by atoms with E-state index in [2.05, 4.69) is 15.5 Å². The summed E-state index contributed by atoms with van der Waals surface area (Å²) in [5.74, 6) is 2.15. The number of carbonyl (C=O) groups excluding carboxylic acids is 1. The molecule has 3 aromatic rings. The molecule has 1 N–H and O–H groups in total. The Morgan fingerprint density at radius 2 is 1.82 bits per heavy atom. The molecule has 0 saturated heterocycles. The fourth-order valence-corrected chi connectivity index (χ4v) is 2.86. The van der Waals surface area contributed by atoms with Gasteiger partial charge in [0.1, 0.15) is 0 Å². The number of amides is 1. The zero-order valence-corrected chi connectivity index (χ0v) is 14.9. The topological polar surface area (TPSA) is 86.5 Å². The van der Waals surface area contributed by atoms with E-state index in [1.807, 2.05) is 48.5 Å². The van der Waals surface area contributed by atoms with Gasteiger partial charge in [-0.2, -0.15) is 0 Å². The normalized spacial score (nSPS) is 15.1. The molecule has 2 aliphatic rings. The summed E-state index contributed by atoms with van der Waals surface area (Å²) in [6, 6.07) is 13.2. The van der Waals surface area contributed by atoms with Crippen molar-refractivity contribution in [3.8, 4) is 23.0 Å². The van der Waals surface area contributed by atoms with Crippen molar-refractivity contribution in [3.05, 3.63) is 59.5 Å². The molecule has 7 heteroatoms. The van der Waals surface area contributed by atoms with E-state index in [0.29, 0.717) is 34.9 Å². The molecule has 1 saturated carbocycles. The Kier molecular flexibility index (Phi) is 4.05. The van der Waals surface area contributed by atoms with Gasteiger partial charge in [-0.25, -0.2) is 0 Å². The third kappa shape index (κ3) is 3.46. The second kappa shape index (κ2) is 6.84. The van der Waals surface area contributed by atoms with Crippen molar-refractivity contribution in [1.82, 2.24) is 15.5 Å². The first-order chi connectivity index (χ1) is 13.7. The number of nitrogens with zero attached hydrogens (tertiary/aromatic N) is 2. The van der Waals surface area contributed by atoms with Crippen molar-refractivity contribution in [1.29, 1.82) is 0 Å². The highest BCUT2D eigenvalue weighted by molar-refractivity contribution is 5.94. The van der Waals surface area contributed by atoms with Gasteiger partial charge in [0.25, 0.3) is 5.91 Å².